The van der Waals surface area contributed by atoms with Gasteiger partial charge in [-0.15, -0.1) is 0 Å². The van der Waals surface area contributed by atoms with E-state index in [-0.39, 0.29) is 43.7 Å². The first kappa shape index (κ1) is 31.8. The molecule has 2 atom stereocenters. The summed E-state index contributed by atoms with van der Waals surface area (Å²) in [5.74, 6) is 0.166. The first-order valence-electron chi connectivity index (χ1n) is 15.2. The fourth-order valence-electron chi connectivity index (χ4n) is 5.70. The average Bonchev–Trinajstić information content (AvgIpc) is 3.36. The summed E-state index contributed by atoms with van der Waals surface area (Å²) in [6.45, 7) is 4.52. The third-order valence-corrected chi connectivity index (χ3v) is 7.89. The van der Waals surface area contributed by atoms with Crippen molar-refractivity contribution >= 4 is 17.7 Å². The van der Waals surface area contributed by atoms with Crippen LogP contribution in [0.5, 0.6) is 17.2 Å². The molecule has 0 aliphatic carbocycles. The van der Waals surface area contributed by atoms with Gasteiger partial charge in [-0.05, 0) is 60.2 Å². The highest BCUT2D eigenvalue weighted by atomic mass is 19.1. The van der Waals surface area contributed by atoms with Crippen LogP contribution in [-0.4, -0.2) is 71.4 Å². The molecule has 11 nitrogen and oxygen atoms in total. The molecule has 240 valence electrons. The number of fused-ring (bicyclic) bond motifs is 5. The molecule has 2 aromatic carbocycles. The average molecular weight is 622 g/mol. The summed E-state index contributed by atoms with van der Waals surface area (Å²) in [4.78, 5) is 41.1. The molecule has 2 aliphatic rings. The van der Waals surface area contributed by atoms with Gasteiger partial charge in [0.2, 0.25) is 5.91 Å². The molecule has 1 aromatic heterocycles. The number of hydrogen-bond donors (Lipinski definition) is 2. The van der Waals surface area contributed by atoms with Crippen LogP contribution in [0.2, 0.25) is 0 Å². The van der Waals surface area contributed by atoms with E-state index in [4.69, 9.17) is 14.2 Å². The number of carbonyl (C=O) groups is 3. The van der Waals surface area contributed by atoms with E-state index < -0.39 is 23.9 Å². The lowest BCUT2D eigenvalue weighted by Crippen LogP contribution is -2.58. The van der Waals surface area contributed by atoms with Gasteiger partial charge in [0.15, 0.2) is 18.1 Å². The summed E-state index contributed by atoms with van der Waals surface area (Å²) >= 11 is 0. The van der Waals surface area contributed by atoms with Crippen molar-refractivity contribution in [3.8, 4) is 17.2 Å². The maximum absolute atomic E-state index is 14.6. The molecule has 4 bridgehead atoms. The molecular formula is C33H40FN5O6. The van der Waals surface area contributed by atoms with Crippen LogP contribution in [-0.2, 0) is 36.0 Å². The van der Waals surface area contributed by atoms with E-state index >= 15 is 0 Å². The number of aromatic nitrogens is 2. The fourth-order valence-corrected chi connectivity index (χ4v) is 5.70. The maximum Gasteiger partial charge on any atom is 0.272 e. The monoisotopic (exact) mass is 621 g/mol. The zero-order valence-electron chi connectivity index (χ0n) is 26.1. The third-order valence-electron chi connectivity index (χ3n) is 7.89. The van der Waals surface area contributed by atoms with E-state index in [9.17, 15) is 18.8 Å². The van der Waals surface area contributed by atoms with Crippen molar-refractivity contribution in [2.75, 3.05) is 26.8 Å². The Hall–Kier alpha value is -4.61. The number of nitrogens with zero attached hydrogens (tertiary/aromatic N) is 3. The first-order valence-corrected chi connectivity index (χ1v) is 15.2. The second kappa shape index (κ2) is 14.0. The normalized spacial score (nSPS) is 19.3. The molecule has 0 unspecified atom stereocenters. The standard InChI is InChI=1S/C33H40FN5O6/c1-20(2)11-24-16-27(38(3)37-24)33(42)39-10-9-28-26(18-39)36-32(41)19-44-30-14-21(5-7-29(30)43-4)6-8-31(40)35-17-22-12-23(34)15-25(13-22)45-28/h5,7,12-16,20,26,28H,6,8-11,17-19H2,1-4H3,(H,35,40)(H,36,41)/t26-,28-/m1/s1. The summed E-state index contributed by atoms with van der Waals surface area (Å²) in [6.07, 6.45) is 1.21. The van der Waals surface area contributed by atoms with Crippen LogP contribution in [0.4, 0.5) is 4.39 Å². The van der Waals surface area contributed by atoms with Gasteiger partial charge < -0.3 is 29.7 Å². The summed E-state index contributed by atoms with van der Waals surface area (Å²) < 4.78 is 33.7. The minimum absolute atomic E-state index is 0.126. The van der Waals surface area contributed by atoms with Gasteiger partial charge in [-0.3, -0.25) is 19.1 Å². The summed E-state index contributed by atoms with van der Waals surface area (Å²) in [7, 11) is 3.25. The molecule has 0 radical (unpaired) electrons. The zero-order chi connectivity index (χ0) is 32.1. The molecule has 1 saturated heterocycles. The highest BCUT2D eigenvalue weighted by Crippen LogP contribution is 2.29. The molecule has 5 rings (SSSR count). The number of likely N-dealkylation sites (tertiary alicyclic amines) is 1. The lowest BCUT2D eigenvalue weighted by molar-refractivity contribution is -0.125. The SMILES string of the molecule is COc1ccc2cc1OCC(=O)N[C@@H]1CN(C(=O)c3cc(CC(C)C)nn3C)CC[C@H]1Oc1cc(F)cc(c1)CNC(=O)CC2. The zero-order valence-corrected chi connectivity index (χ0v) is 26.1. The Morgan fingerprint density at radius 2 is 1.93 bits per heavy atom. The van der Waals surface area contributed by atoms with Crippen molar-refractivity contribution in [2.45, 2.75) is 58.2 Å². The topological polar surface area (TPSA) is 124 Å². The van der Waals surface area contributed by atoms with E-state index in [1.54, 1.807) is 34.8 Å². The van der Waals surface area contributed by atoms with Gasteiger partial charge in [0.25, 0.3) is 11.8 Å². The molecule has 45 heavy (non-hydrogen) atoms. The highest BCUT2D eigenvalue weighted by Gasteiger charge is 2.35. The molecule has 12 heteroatoms. The number of carbonyl (C=O) groups excluding carboxylic acids is 3. The third kappa shape index (κ3) is 8.11. The largest absolute Gasteiger partial charge is 0.493 e. The van der Waals surface area contributed by atoms with Gasteiger partial charge in [0.05, 0.1) is 18.8 Å². The van der Waals surface area contributed by atoms with Crippen LogP contribution in [0.15, 0.2) is 42.5 Å². The predicted molar refractivity (Wildman–Crippen MR) is 164 cm³/mol. The Balaban J connectivity index is 1.41. The Bertz CT molecular complexity index is 1560. The lowest BCUT2D eigenvalue weighted by Gasteiger charge is -2.38. The second-order valence-corrected chi connectivity index (χ2v) is 12.0. The smallest absolute Gasteiger partial charge is 0.272 e. The quantitative estimate of drug-likeness (QED) is 0.459. The number of piperidine rings is 1. The number of nitrogens with one attached hydrogen (secondary N) is 2. The predicted octanol–water partition coefficient (Wildman–Crippen LogP) is 3.19. The van der Waals surface area contributed by atoms with E-state index in [1.165, 1.54) is 19.2 Å². The summed E-state index contributed by atoms with van der Waals surface area (Å²) in [6, 6.07) is 10.8. The number of methoxy groups -OCH3 is 1. The van der Waals surface area contributed by atoms with Crippen molar-refractivity contribution in [3.63, 3.8) is 0 Å². The van der Waals surface area contributed by atoms with E-state index in [0.717, 1.165) is 17.7 Å². The van der Waals surface area contributed by atoms with Gasteiger partial charge in [-0.2, -0.15) is 5.10 Å². The number of amides is 3. The van der Waals surface area contributed by atoms with Gasteiger partial charge in [0.1, 0.15) is 23.4 Å². The molecule has 0 saturated carbocycles. The van der Waals surface area contributed by atoms with Crippen molar-refractivity contribution in [1.29, 1.82) is 0 Å². The minimum Gasteiger partial charge on any atom is -0.493 e. The number of ether oxygens (including phenoxy) is 3. The number of halogens is 1. The molecule has 3 heterocycles. The van der Waals surface area contributed by atoms with Crippen molar-refractivity contribution in [3.05, 3.63) is 70.8 Å². The molecule has 1 fully saturated rings. The Morgan fingerprint density at radius 3 is 2.71 bits per heavy atom. The summed E-state index contributed by atoms with van der Waals surface area (Å²) in [5.41, 5.74) is 2.68. The van der Waals surface area contributed by atoms with Crippen molar-refractivity contribution < 1.29 is 33.0 Å². The van der Waals surface area contributed by atoms with Crippen LogP contribution < -0.4 is 24.8 Å². The molecule has 3 amide bonds. The number of rotatable bonds is 4. The van der Waals surface area contributed by atoms with Gasteiger partial charge in [-0.1, -0.05) is 19.9 Å². The van der Waals surface area contributed by atoms with Crippen LogP contribution in [0.3, 0.4) is 0 Å². The van der Waals surface area contributed by atoms with Gasteiger partial charge >= 0.3 is 0 Å². The van der Waals surface area contributed by atoms with Gasteiger partial charge in [0, 0.05) is 45.6 Å². The first-order chi connectivity index (χ1) is 21.6. The van der Waals surface area contributed by atoms with Crippen molar-refractivity contribution in [1.82, 2.24) is 25.3 Å². The van der Waals surface area contributed by atoms with Crippen LogP contribution >= 0.6 is 0 Å². The molecule has 2 aliphatic heterocycles. The molecule has 3 aromatic rings. The number of hydrogen-bond acceptors (Lipinski definition) is 7. The molecular weight excluding hydrogens is 581 g/mol. The second-order valence-electron chi connectivity index (χ2n) is 12.0. The number of aryl methyl sites for hydroxylation is 2. The fraction of sp³-hybridized carbons (Fsp3) is 0.455. The van der Waals surface area contributed by atoms with Crippen LogP contribution in [0.25, 0.3) is 0 Å². The van der Waals surface area contributed by atoms with Gasteiger partial charge in [-0.25, -0.2) is 4.39 Å². The van der Waals surface area contributed by atoms with E-state index in [1.807, 2.05) is 12.1 Å². The van der Waals surface area contributed by atoms with Crippen LogP contribution in [0.1, 0.15) is 54.0 Å². The van der Waals surface area contributed by atoms with Crippen LogP contribution in [0, 0.1) is 11.7 Å². The molecule has 2 N–H and O–H groups in total. The van der Waals surface area contributed by atoms with E-state index in [2.05, 4.69) is 29.6 Å². The lowest BCUT2D eigenvalue weighted by atomic mass is 10.0. The summed E-state index contributed by atoms with van der Waals surface area (Å²) in [5, 5.41) is 10.3. The Kier molecular flexibility index (Phi) is 9.90. The van der Waals surface area contributed by atoms with E-state index in [0.29, 0.717) is 48.1 Å². The Morgan fingerprint density at radius 1 is 1.11 bits per heavy atom. The number of benzene rings is 2. The Labute approximate surface area is 262 Å². The highest BCUT2D eigenvalue weighted by molar-refractivity contribution is 5.93. The maximum atomic E-state index is 14.6. The van der Waals surface area contributed by atoms with Crippen molar-refractivity contribution in [2.24, 2.45) is 13.0 Å². The minimum atomic E-state index is -0.624. The molecule has 0 spiro atoms.